The van der Waals surface area contributed by atoms with Crippen molar-refractivity contribution in [3.05, 3.63) is 70.8 Å². The summed E-state index contributed by atoms with van der Waals surface area (Å²) in [6.07, 6.45) is 0. The number of primary amides is 1. The number of aromatic nitrogens is 4. The van der Waals surface area contributed by atoms with Gasteiger partial charge in [-0.1, -0.05) is 18.2 Å². The third-order valence-corrected chi connectivity index (χ3v) is 4.13. The first-order chi connectivity index (χ1) is 13.1. The van der Waals surface area contributed by atoms with Gasteiger partial charge in [0.2, 0.25) is 0 Å². The van der Waals surface area contributed by atoms with E-state index < -0.39 is 11.6 Å². The second kappa shape index (κ2) is 6.41. The monoisotopic (exact) mass is 361 g/mol. The number of H-pyrrole nitrogens is 1. The minimum Gasteiger partial charge on any atom is -0.497 e. The summed E-state index contributed by atoms with van der Waals surface area (Å²) in [7, 11) is 1.57. The number of fused-ring (bicyclic) bond motifs is 1. The maximum absolute atomic E-state index is 12.5. The molecule has 0 aliphatic heterocycles. The molecule has 0 aliphatic rings. The predicted octanol–water partition coefficient (Wildman–Crippen LogP) is 1.88. The van der Waals surface area contributed by atoms with Gasteiger partial charge in [-0.2, -0.15) is 0 Å². The van der Waals surface area contributed by atoms with E-state index in [0.29, 0.717) is 17.0 Å². The molecular formula is C19H15N5O3. The van der Waals surface area contributed by atoms with Gasteiger partial charge < -0.3 is 15.5 Å². The number of carbonyl (C=O) groups excluding carboxylic acids is 1. The first kappa shape index (κ1) is 16.5. The summed E-state index contributed by atoms with van der Waals surface area (Å²) >= 11 is 0. The Bertz CT molecular complexity index is 1190. The lowest BCUT2D eigenvalue weighted by Crippen LogP contribution is -2.15. The lowest BCUT2D eigenvalue weighted by Gasteiger charge is -2.07. The standard InChI is InChI=1S/C19H15N5O3/c1-27-13-9-7-11(8-10-13)17-21-14(16(20)25)15-18(23-17)24(19(26)22-15)12-5-3-2-4-6-12/h2-10H,1H3,(H2,20,25)(H,22,26). The number of benzene rings is 2. The average molecular weight is 361 g/mol. The summed E-state index contributed by atoms with van der Waals surface area (Å²) in [5, 5.41) is 0. The molecule has 8 nitrogen and oxygen atoms in total. The maximum atomic E-state index is 12.5. The zero-order chi connectivity index (χ0) is 19.0. The highest BCUT2D eigenvalue weighted by molar-refractivity contribution is 6.02. The molecular weight excluding hydrogens is 346 g/mol. The van der Waals surface area contributed by atoms with Crippen LogP contribution in [0, 0.1) is 0 Å². The van der Waals surface area contributed by atoms with Gasteiger partial charge in [0.1, 0.15) is 11.3 Å². The minimum atomic E-state index is -0.751. The van der Waals surface area contributed by atoms with E-state index in [1.165, 1.54) is 4.57 Å². The fourth-order valence-corrected chi connectivity index (χ4v) is 2.85. The van der Waals surface area contributed by atoms with E-state index in [-0.39, 0.29) is 22.7 Å². The van der Waals surface area contributed by atoms with Crippen LogP contribution in [0.1, 0.15) is 10.5 Å². The largest absolute Gasteiger partial charge is 0.497 e. The van der Waals surface area contributed by atoms with Crippen LogP contribution in [-0.2, 0) is 0 Å². The smallest absolute Gasteiger partial charge is 0.332 e. The second-order valence-corrected chi connectivity index (χ2v) is 5.79. The van der Waals surface area contributed by atoms with Crippen LogP contribution >= 0.6 is 0 Å². The highest BCUT2D eigenvalue weighted by atomic mass is 16.5. The van der Waals surface area contributed by atoms with Crippen LogP contribution in [0.4, 0.5) is 0 Å². The molecule has 0 aliphatic carbocycles. The number of rotatable bonds is 4. The van der Waals surface area contributed by atoms with Gasteiger partial charge >= 0.3 is 5.69 Å². The number of imidazole rings is 1. The maximum Gasteiger partial charge on any atom is 0.332 e. The Balaban J connectivity index is 2.01. The molecule has 0 atom stereocenters. The van der Waals surface area contributed by atoms with Gasteiger partial charge in [-0.15, -0.1) is 0 Å². The first-order valence-corrected chi connectivity index (χ1v) is 8.11. The lowest BCUT2D eigenvalue weighted by molar-refractivity contribution is 0.0997. The van der Waals surface area contributed by atoms with Crippen LogP contribution in [-0.4, -0.2) is 32.5 Å². The van der Waals surface area contributed by atoms with Crippen molar-refractivity contribution in [3.63, 3.8) is 0 Å². The summed E-state index contributed by atoms with van der Waals surface area (Å²) in [6, 6.07) is 16.0. The molecule has 0 bridgehead atoms. The summed E-state index contributed by atoms with van der Waals surface area (Å²) in [4.78, 5) is 35.9. The molecule has 8 heteroatoms. The number of nitrogens with two attached hydrogens (primary N) is 1. The third-order valence-electron chi connectivity index (χ3n) is 4.13. The molecule has 3 N–H and O–H groups in total. The zero-order valence-corrected chi connectivity index (χ0v) is 14.3. The minimum absolute atomic E-state index is 0.0439. The third kappa shape index (κ3) is 2.82. The summed E-state index contributed by atoms with van der Waals surface area (Å²) in [6.45, 7) is 0. The van der Waals surface area contributed by atoms with Crippen molar-refractivity contribution < 1.29 is 9.53 Å². The summed E-state index contributed by atoms with van der Waals surface area (Å²) in [5.41, 5.74) is 6.77. The second-order valence-electron chi connectivity index (χ2n) is 5.79. The predicted molar refractivity (Wildman–Crippen MR) is 100.0 cm³/mol. The molecule has 134 valence electrons. The van der Waals surface area contributed by atoms with E-state index in [4.69, 9.17) is 10.5 Å². The molecule has 0 saturated carbocycles. The number of amides is 1. The van der Waals surface area contributed by atoms with Gasteiger partial charge in [0, 0.05) is 5.56 Å². The molecule has 2 aromatic carbocycles. The highest BCUT2D eigenvalue weighted by Crippen LogP contribution is 2.23. The molecule has 0 saturated heterocycles. The Labute approximate surface area is 153 Å². The molecule has 2 heterocycles. The van der Waals surface area contributed by atoms with E-state index in [9.17, 15) is 9.59 Å². The van der Waals surface area contributed by atoms with Crippen molar-refractivity contribution in [3.8, 4) is 22.8 Å². The van der Waals surface area contributed by atoms with E-state index in [1.807, 2.05) is 6.07 Å². The van der Waals surface area contributed by atoms with Gasteiger partial charge in [0.05, 0.1) is 12.8 Å². The van der Waals surface area contributed by atoms with Gasteiger partial charge in [0.25, 0.3) is 5.91 Å². The topological polar surface area (TPSA) is 116 Å². The van der Waals surface area contributed by atoms with Crippen molar-refractivity contribution in [1.29, 1.82) is 0 Å². The highest BCUT2D eigenvalue weighted by Gasteiger charge is 2.20. The molecule has 0 spiro atoms. The zero-order valence-electron chi connectivity index (χ0n) is 14.3. The normalized spacial score (nSPS) is 10.9. The molecule has 1 amide bonds. The number of carbonyl (C=O) groups is 1. The number of para-hydroxylation sites is 1. The average Bonchev–Trinajstić information content (AvgIpc) is 3.03. The number of nitrogens with one attached hydrogen (secondary N) is 1. The number of methoxy groups -OCH3 is 1. The molecule has 27 heavy (non-hydrogen) atoms. The van der Waals surface area contributed by atoms with Gasteiger partial charge in [-0.3, -0.25) is 4.79 Å². The molecule has 2 aromatic heterocycles. The van der Waals surface area contributed by atoms with Crippen LogP contribution in [0.15, 0.2) is 59.4 Å². The molecule has 4 aromatic rings. The van der Waals surface area contributed by atoms with E-state index in [1.54, 1.807) is 55.6 Å². The van der Waals surface area contributed by atoms with Crippen LogP contribution < -0.4 is 16.2 Å². The Hall–Kier alpha value is -3.94. The van der Waals surface area contributed by atoms with E-state index >= 15 is 0 Å². The Morgan fingerprint density at radius 3 is 2.41 bits per heavy atom. The number of hydrogen-bond donors (Lipinski definition) is 2. The fourth-order valence-electron chi connectivity index (χ4n) is 2.85. The molecule has 0 fully saturated rings. The van der Waals surface area contributed by atoms with E-state index in [2.05, 4.69) is 15.0 Å². The van der Waals surface area contributed by atoms with Crippen LogP contribution in [0.25, 0.3) is 28.2 Å². The van der Waals surface area contributed by atoms with Gasteiger partial charge in [0.15, 0.2) is 17.2 Å². The quantitative estimate of drug-likeness (QED) is 0.576. The van der Waals surface area contributed by atoms with Crippen molar-refractivity contribution in [1.82, 2.24) is 19.5 Å². The number of aromatic amines is 1. The molecule has 4 rings (SSSR count). The summed E-state index contributed by atoms with van der Waals surface area (Å²) < 4.78 is 6.54. The number of nitrogens with zero attached hydrogens (tertiary/aromatic N) is 3. The van der Waals surface area contributed by atoms with Crippen LogP contribution in [0.2, 0.25) is 0 Å². The Morgan fingerprint density at radius 1 is 1.07 bits per heavy atom. The fraction of sp³-hybridized carbons (Fsp3) is 0.0526. The number of ether oxygens (including phenoxy) is 1. The van der Waals surface area contributed by atoms with Crippen molar-refractivity contribution >= 4 is 17.1 Å². The SMILES string of the molecule is COc1ccc(-c2nc(C(N)=O)c3[nH]c(=O)n(-c4ccccc4)c3n2)cc1. The Morgan fingerprint density at radius 2 is 1.78 bits per heavy atom. The summed E-state index contributed by atoms with van der Waals surface area (Å²) in [5.74, 6) is 0.207. The van der Waals surface area contributed by atoms with Gasteiger partial charge in [-0.05, 0) is 36.4 Å². The number of hydrogen-bond acceptors (Lipinski definition) is 5. The van der Waals surface area contributed by atoms with Gasteiger partial charge in [-0.25, -0.2) is 19.3 Å². The van der Waals surface area contributed by atoms with E-state index in [0.717, 1.165) is 0 Å². The van der Waals surface area contributed by atoms with Crippen molar-refractivity contribution in [2.24, 2.45) is 5.73 Å². The van der Waals surface area contributed by atoms with Crippen LogP contribution in [0.3, 0.4) is 0 Å². The first-order valence-electron chi connectivity index (χ1n) is 8.11. The van der Waals surface area contributed by atoms with Crippen molar-refractivity contribution in [2.45, 2.75) is 0 Å². The lowest BCUT2D eigenvalue weighted by atomic mass is 10.2. The molecule has 0 unspecified atom stereocenters. The Kier molecular flexibility index (Phi) is 3.92. The molecule has 0 radical (unpaired) electrons. The van der Waals surface area contributed by atoms with Crippen molar-refractivity contribution in [2.75, 3.05) is 7.11 Å². The van der Waals surface area contributed by atoms with Crippen LogP contribution in [0.5, 0.6) is 5.75 Å².